The average Bonchev–Trinajstić information content (AvgIpc) is 2.58. The Morgan fingerprint density at radius 3 is 2.57 bits per heavy atom. The van der Waals surface area contributed by atoms with Crippen LogP contribution in [-0.4, -0.2) is 44.4 Å². The molecule has 3 heteroatoms. The zero-order valence-electron chi connectivity index (χ0n) is 14.7. The summed E-state index contributed by atoms with van der Waals surface area (Å²) < 4.78 is 11.3. The van der Waals surface area contributed by atoms with E-state index in [2.05, 4.69) is 49.1 Å². The monoisotopic (exact) mass is 317 g/mol. The van der Waals surface area contributed by atoms with Crippen molar-refractivity contribution in [1.29, 1.82) is 0 Å². The van der Waals surface area contributed by atoms with Crippen molar-refractivity contribution >= 4 is 0 Å². The molecule has 128 valence electrons. The van der Waals surface area contributed by atoms with E-state index in [1.165, 1.54) is 24.9 Å². The van der Waals surface area contributed by atoms with Crippen LogP contribution in [0.4, 0.5) is 0 Å². The number of morpholine rings is 1. The van der Waals surface area contributed by atoms with Crippen molar-refractivity contribution in [2.45, 2.75) is 33.3 Å². The maximum atomic E-state index is 5.88. The van der Waals surface area contributed by atoms with Crippen LogP contribution < -0.4 is 0 Å². The molecule has 0 unspecified atom stereocenters. The molecule has 0 aromatic heterocycles. The largest absolute Gasteiger partial charge is 0.379 e. The molecule has 0 N–H and O–H groups in total. The Morgan fingerprint density at radius 1 is 1.13 bits per heavy atom. The van der Waals surface area contributed by atoms with Gasteiger partial charge in [0.05, 0.1) is 19.8 Å². The summed E-state index contributed by atoms with van der Waals surface area (Å²) in [4.78, 5) is 2.58. The minimum absolute atomic E-state index is 0.453. The Hall–Kier alpha value is -0.900. The molecule has 1 heterocycles. The van der Waals surface area contributed by atoms with Gasteiger partial charge < -0.3 is 9.47 Å². The molecule has 3 rings (SSSR count). The van der Waals surface area contributed by atoms with Crippen LogP contribution in [0, 0.1) is 17.3 Å². The standard InChI is InChI=1S/C20H31NO2/c1-20(2)18(8-11-23-16-17-6-4-3-5-7-17)14-19(20)15-21-9-12-22-13-10-21/h3-7,18-19H,8-16H2,1-2H3/t18-,19-/m0/s1. The molecule has 0 amide bonds. The van der Waals surface area contributed by atoms with Crippen molar-refractivity contribution in [3.63, 3.8) is 0 Å². The van der Waals surface area contributed by atoms with Crippen molar-refractivity contribution in [1.82, 2.24) is 4.90 Å². The number of hydrogen-bond acceptors (Lipinski definition) is 3. The topological polar surface area (TPSA) is 21.7 Å². The number of ether oxygens (including phenoxy) is 2. The first-order valence-corrected chi connectivity index (χ1v) is 9.08. The third kappa shape index (κ3) is 4.34. The van der Waals surface area contributed by atoms with Gasteiger partial charge in [0.15, 0.2) is 0 Å². The van der Waals surface area contributed by atoms with Crippen LogP contribution in [-0.2, 0) is 16.1 Å². The third-order valence-electron chi connectivity index (χ3n) is 5.98. The molecule has 1 saturated carbocycles. The molecule has 1 aromatic rings. The summed E-state index contributed by atoms with van der Waals surface area (Å²) >= 11 is 0. The average molecular weight is 317 g/mol. The van der Waals surface area contributed by atoms with E-state index in [0.717, 1.165) is 51.4 Å². The smallest absolute Gasteiger partial charge is 0.0716 e. The van der Waals surface area contributed by atoms with Crippen LogP contribution in [0.3, 0.4) is 0 Å². The Bertz CT molecular complexity index is 468. The second-order valence-electron chi connectivity index (χ2n) is 7.69. The van der Waals surface area contributed by atoms with Gasteiger partial charge in [0.25, 0.3) is 0 Å². The van der Waals surface area contributed by atoms with E-state index in [1.54, 1.807) is 0 Å². The molecule has 0 spiro atoms. The molecule has 2 fully saturated rings. The van der Waals surface area contributed by atoms with E-state index >= 15 is 0 Å². The van der Waals surface area contributed by atoms with Gasteiger partial charge >= 0.3 is 0 Å². The Labute approximate surface area is 141 Å². The van der Waals surface area contributed by atoms with Gasteiger partial charge in [-0.15, -0.1) is 0 Å². The maximum Gasteiger partial charge on any atom is 0.0716 e. The van der Waals surface area contributed by atoms with Crippen molar-refractivity contribution in [2.24, 2.45) is 17.3 Å². The van der Waals surface area contributed by atoms with Crippen LogP contribution in [0.25, 0.3) is 0 Å². The minimum Gasteiger partial charge on any atom is -0.379 e. The summed E-state index contributed by atoms with van der Waals surface area (Å²) in [6.45, 7) is 11.8. The number of rotatable bonds is 7. The zero-order chi connectivity index (χ0) is 16.1. The van der Waals surface area contributed by atoms with Crippen molar-refractivity contribution in [2.75, 3.05) is 39.5 Å². The highest BCUT2D eigenvalue weighted by molar-refractivity contribution is 5.13. The molecule has 1 aliphatic heterocycles. The molecule has 1 aliphatic carbocycles. The van der Waals surface area contributed by atoms with E-state index in [4.69, 9.17) is 9.47 Å². The van der Waals surface area contributed by atoms with Gasteiger partial charge in [0.2, 0.25) is 0 Å². The lowest BCUT2D eigenvalue weighted by Crippen LogP contribution is -2.52. The molecule has 0 radical (unpaired) electrons. The molecule has 0 bridgehead atoms. The van der Waals surface area contributed by atoms with Crippen LogP contribution >= 0.6 is 0 Å². The second kappa shape index (κ2) is 7.78. The first-order chi connectivity index (χ1) is 11.2. The molecule has 2 aliphatic rings. The molecule has 1 saturated heterocycles. The molecule has 2 atom stereocenters. The third-order valence-corrected chi connectivity index (χ3v) is 5.98. The van der Waals surface area contributed by atoms with Gasteiger partial charge in [-0.05, 0) is 35.7 Å². The van der Waals surface area contributed by atoms with Gasteiger partial charge in [0.1, 0.15) is 0 Å². The summed E-state index contributed by atoms with van der Waals surface area (Å²) in [6.07, 6.45) is 2.55. The number of hydrogen-bond donors (Lipinski definition) is 0. The van der Waals surface area contributed by atoms with E-state index in [1.807, 2.05) is 0 Å². The van der Waals surface area contributed by atoms with Crippen LogP contribution in [0.2, 0.25) is 0 Å². The summed E-state index contributed by atoms with van der Waals surface area (Å²) in [5.74, 6) is 1.64. The van der Waals surface area contributed by atoms with E-state index in [9.17, 15) is 0 Å². The van der Waals surface area contributed by atoms with Crippen molar-refractivity contribution in [3.05, 3.63) is 35.9 Å². The molecular weight excluding hydrogens is 286 g/mol. The fourth-order valence-electron chi connectivity index (χ4n) is 4.01. The summed E-state index contributed by atoms with van der Waals surface area (Å²) in [5.41, 5.74) is 1.72. The zero-order valence-corrected chi connectivity index (χ0v) is 14.7. The lowest BCUT2D eigenvalue weighted by atomic mass is 9.53. The second-order valence-corrected chi connectivity index (χ2v) is 7.69. The van der Waals surface area contributed by atoms with Gasteiger partial charge in [-0.1, -0.05) is 44.2 Å². The lowest BCUT2D eigenvalue weighted by molar-refractivity contribution is -0.0695. The van der Waals surface area contributed by atoms with Gasteiger partial charge in [-0.3, -0.25) is 4.90 Å². The first kappa shape index (κ1) is 16.9. The minimum atomic E-state index is 0.453. The predicted molar refractivity (Wildman–Crippen MR) is 93.4 cm³/mol. The lowest BCUT2D eigenvalue weighted by Gasteiger charge is -2.54. The van der Waals surface area contributed by atoms with Crippen LogP contribution in [0.15, 0.2) is 30.3 Å². The first-order valence-electron chi connectivity index (χ1n) is 9.08. The number of benzene rings is 1. The normalized spacial score (nSPS) is 27.6. The SMILES string of the molecule is CC1(C)[C@@H](CCOCc2ccccc2)C[C@H]1CN1CCOCC1. The van der Waals surface area contributed by atoms with Crippen molar-refractivity contribution < 1.29 is 9.47 Å². The van der Waals surface area contributed by atoms with E-state index < -0.39 is 0 Å². The molecular formula is C20H31NO2. The fraction of sp³-hybridized carbons (Fsp3) is 0.700. The Kier molecular flexibility index (Phi) is 5.73. The highest BCUT2D eigenvalue weighted by Gasteiger charge is 2.47. The molecule has 23 heavy (non-hydrogen) atoms. The highest BCUT2D eigenvalue weighted by atomic mass is 16.5. The van der Waals surface area contributed by atoms with Crippen molar-refractivity contribution in [3.8, 4) is 0 Å². The van der Waals surface area contributed by atoms with E-state index in [-0.39, 0.29) is 0 Å². The summed E-state index contributed by atoms with van der Waals surface area (Å²) in [6, 6.07) is 10.5. The summed E-state index contributed by atoms with van der Waals surface area (Å²) in [5, 5.41) is 0. The van der Waals surface area contributed by atoms with Gasteiger partial charge in [0, 0.05) is 26.2 Å². The number of nitrogens with zero attached hydrogens (tertiary/aromatic N) is 1. The fourth-order valence-corrected chi connectivity index (χ4v) is 4.01. The Morgan fingerprint density at radius 2 is 1.87 bits per heavy atom. The van der Waals surface area contributed by atoms with Crippen LogP contribution in [0.1, 0.15) is 32.3 Å². The quantitative estimate of drug-likeness (QED) is 0.717. The Balaban J connectivity index is 1.35. The van der Waals surface area contributed by atoms with Gasteiger partial charge in [-0.25, -0.2) is 0 Å². The maximum absolute atomic E-state index is 5.88. The molecule has 1 aromatic carbocycles. The highest BCUT2D eigenvalue weighted by Crippen LogP contribution is 2.53. The predicted octanol–water partition coefficient (Wildman–Crippen LogP) is 3.59. The van der Waals surface area contributed by atoms with E-state index in [0.29, 0.717) is 5.41 Å². The molecule has 3 nitrogen and oxygen atoms in total. The van der Waals surface area contributed by atoms with Gasteiger partial charge in [-0.2, -0.15) is 0 Å². The van der Waals surface area contributed by atoms with Crippen LogP contribution in [0.5, 0.6) is 0 Å². The summed E-state index contributed by atoms with van der Waals surface area (Å²) in [7, 11) is 0.